The summed E-state index contributed by atoms with van der Waals surface area (Å²) >= 11 is 12.1. The van der Waals surface area contributed by atoms with Crippen molar-refractivity contribution in [2.45, 2.75) is 0 Å². The van der Waals surface area contributed by atoms with E-state index in [1.54, 1.807) is 30.3 Å². The summed E-state index contributed by atoms with van der Waals surface area (Å²) in [6.07, 6.45) is 0. The van der Waals surface area contributed by atoms with Gasteiger partial charge in [0.15, 0.2) is 11.7 Å². The molecule has 0 radical (unpaired) electrons. The van der Waals surface area contributed by atoms with Gasteiger partial charge in [0.05, 0.1) is 16.1 Å². The third-order valence-electron chi connectivity index (χ3n) is 3.76. The zero-order chi connectivity index (χ0) is 20.1. The number of ether oxygens (including phenoxy) is 1. The number of amides is 1. The number of halogens is 2. The van der Waals surface area contributed by atoms with E-state index < -0.39 is 0 Å². The standard InChI is InChI=1S/C20H13Br2N3O2S/c21-14-4-7-16-13(9-14)3-8-17(19(16)22)27-11-18(26)25-20(28)24-15-5-1-12(10-23)2-6-15/h1-9H,11H2,(H2,24,25,26,28). The first-order valence-electron chi connectivity index (χ1n) is 8.08. The lowest BCUT2D eigenvalue weighted by Gasteiger charge is -2.12. The number of benzene rings is 3. The molecule has 0 saturated heterocycles. The molecule has 0 aromatic heterocycles. The minimum Gasteiger partial charge on any atom is -0.483 e. The quantitative estimate of drug-likeness (QED) is 0.468. The van der Waals surface area contributed by atoms with Gasteiger partial charge in [0.1, 0.15) is 5.75 Å². The van der Waals surface area contributed by atoms with Crippen molar-refractivity contribution in [3.8, 4) is 11.8 Å². The first kappa shape index (κ1) is 20.3. The predicted molar refractivity (Wildman–Crippen MR) is 120 cm³/mol. The van der Waals surface area contributed by atoms with Gasteiger partial charge in [-0.2, -0.15) is 5.26 Å². The molecule has 28 heavy (non-hydrogen) atoms. The normalized spacial score (nSPS) is 10.2. The highest BCUT2D eigenvalue weighted by Gasteiger charge is 2.10. The van der Waals surface area contributed by atoms with Gasteiger partial charge in [-0.1, -0.05) is 28.1 Å². The van der Waals surface area contributed by atoms with Crippen LogP contribution < -0.4 is 15.4 Å². The van der Waals surface area contributed by atoms with Crippen LogP contribution in [0.5, 0.6) is 5.75 Å². The van der Waals surface area contributed by atoms with Gasteiger partial charge >= 0.3 is 0 Å². The average molecular weight is 519 g/mol. The van der Waals surface area contributed by atoms with E-state index >= 15 is 0 Å². The summed E-state index contributed by atoms with van der Waals surface area (Å²) in [6, 6.07) is 18.4. The topological polar surface area (TPSA) is 74.2 Å². The van der Waals surface area contributed by atoms with Crippen LogP contribution in [0.2, 0.25) is 0 Å². The molecule has 3 aromatic carbocycles. The first-order chi connectivity index (χ1) is 13.5. The number of thiocarbonyl (C=S) groups is 1. The summed E-state index contributed by atoms with van der Waals surface area (Å²) in [5.74, 6) is 0.185. The van der Waals surface area contributed by atoms with E-state index in [-0.39, 0.29) is 17.6 Å². The van der Waals surface area contributed by atoms with E-state index in [0.717, 1.165) is 19.7 Å². The molecule has 0 spiro atoms. The maximum atomic E-state index is 12.1. The van der Waals surface area contributed by atoms with Crippen molar-refractivity contribution in [3.63, 3.8) is 0 Å². The van der Waals surface area contributed by atoms with E-state index in [1.165, 1.54) is 0 Å². The number of carbonyl (C=O) groups excluding carboxylic acids is 1. The number of nitrogens with one attached hydrogen (secondary N) is 2. The van der Waals surface area contributed by atoms with Gasteiger partial charge in [-0.25, -0.2) is 0 Å². The number of fused-ring (bicyclic) bond motifs is 1. The van der Waals surface area contributed by atoms with Crippen molar-refractivity contribution < 1.29 is 9.53 Å². The Labute approximate surface area is 183 Å². The van der Waals surface area contributed by atoms with Gasteiger partial charge in [-0.15, -0.1) is 0 Å². The van der Waals surface area contributed by atoms with Crippen molar-refractivity contribution in [1.82, 2.24) is 5.32 Å². The molecule has 0 heterocycles. The smallest absolute Gasteiger partial charge is 0.264 e. The Kier molecular flexibility index (Phi) is 6.62. The molecule has 0 unspecified atom stereocenters. The second-order valence-electron chi connectivity index (χ2n) is 5.72. The summed E-state index contributed by atoms with van der Waals surface area (Å²) in [5.41, 5.74) is 1.22. The summed E-state index contributed by atoms with van der Waals surface area (Å²) in [5, 5.41) is 16.4. The second kappa shape index (κ2) is 9.15. The molecule has 8 heteroatoms. The van der Waals surface area contributed by atoms with Crippen LogP contribution in [0.1, 0.15) is 5.56 Å². The fraction of sp³-hybridized carbons (Fsp3) is 0.0500. The van der Waals surface area contributed by atoms with Crippen molar-refractivity contribution in [2.75, 3.05) is 11.9 Å². The molecule has 0 saturated carbocycles. The van der Waals surface area contributed by atoms with E-state index in [0.29, 0.717) is 17.0 Å². The molecule has 0 aliphatic carbocycles. The highest BCUT2D eigenvalue weighted by Crippen LogP contribution is 2.34. The minimum atomic E-state index is -0.381. The van der Waals surface area contributed by atoms with Crippen LogP contribution in [0.3, 0.4) is 0 Å². The molecular formula is C20H13Br2N3O2S. The van der Waals surface area contributed by atoms with Crippen molar-refractivity contribution >= 4 is 71.6 Å². The molecule has 2 N–H and O–H groups in total. The van der Waals surface area contributed by atoms with Gasteiger partial charge in [0, 0.05) is 10.2 Å². The Balaban J connectivity index is 1.57. The fourth-order valence-corrected chi connectivity index (χ4v) is 3.67. The maximum Gasteiger partial charge on any atom is 0.264 e. The zero-order valence-electron chi connectivity index (χ0n) is 14.3. The Morgan fingerprint density at radius 1 is 1.11 bits per heavy atom. The SMILES string of the molecule is N#Cc1ccc(NC(=S)NC(=O)COc2ccc3cc(Br)ccc3c2Br)cc1. The molecule has 140 valence electrons. The largest absolute Gasteiger partial charge is 0.483 e. The zero-order valence-corrected chi connectivity index (χ0v) is 18.3. The first-order valence-corrected chi connectivity index (χ1v) is 10.1. The summed E-state index contributed by atoms with van der Waals surface area (Å²) in [7, 11) is 0. The average Bonchev–Trinajstić information content (AvgIpc) is 2.68. The monoisotopic (exact) mass is 517 g/mol. The number of hydrogen-bond donors (Lipinski definition) is 2. The van der Waals surface area contributed by atoms with Gasteiger partial charge in [0.2, 0.25) is 0 Å². The Morgan fingerprint density at radius 2 is 1.86 bits per heavy atom. The molecular weight excluding hydrogens is 506 g/mol. The van der Waals surface area contributed by atoms with Crippen LogP contribution in [0, 0.1) is 11.3 Å². The molecule has 0 aliphatic rings. The Bertz CT molecular complexity index is 1100. The summed E-state index contributed by atoms with van der Waals surface area (Å²) < 4.78 is 7.39. The van der Waals surface area contributed by atoms with E-state index in [9.17, 15) is 4.79 Å². The number of rotatable bonds is 4. The third kappa shape index (κ3) is 5.07. The van der Waals surface area contributed by atoms with Gasteiger partial charge in [0.25, 0.3) is 5.91 Å². The molecule has 5 nitrogen and oxygen atoms in total. The maximum absolute atomic E-state index is 12.1. The lowest BCUT2D eigenvalue weighted by molar-refractivity contribution is -0.121. The molecule has 1 amide bonds. The van der Waals surface area contributed by atoms with Gasteiger partial charge in [-0.05, 0) is 81.4 Å². The summed E-state index contributed by atoms with van der Waals surface area (Å²) in [6.45, 7) is -0.185. The Hall–Kier alpha value is -2.47. The predicted octanol–water partition coefficient (Wildman–Crippen LogP) is 5.13. The van der Waals surface area contributed by atoms with E-state index in [2.05, 4.69) is 42.5 Å². The van der Waals surface area contributed by atoms with Gasteiger partial charge < -0.3 is 10.1 Å². The molecule has 0 fully saturated rings. The molecule has 3 rings (SSSR count). The van der Waals surface area contributed by atoms with Crippen molar-refractivity contribution in [1.29, 1.82) is 5.26 Å². The van der Waals surface area contributed by atoms with Crippen LogP contribution in [-0.4, -0.2) is 17.6 Å². The van der Waals surface area contributed by atoms with Crippen molar-refractivity contribution in [3.05, 3.63) is 69.1 Å². The van der Waals surface area contributed by atoms with Crippen LogP contribution in [-0.2, 0) is 4.79 Å². The Morgan fingerprint density at radius 3 is 2.57 bits per heavy atom. The van der Waals surface area contributed by atoms with E-state index in [1.807, 2.05) is 30.3 Å². The third-order valence-corrected chi connectivity index (χ3v) is 5.28. The highest BCUT2D eigenvalue weighted by atomic mass is 79.9. The molecule has 0 bridgehead atoms. The van der Waals surface area contributed by atoms with Gasteiger partial charge in [-0.3, -0.25) is 10.1 Å². The van der Waals surface area contributed by atoms with Crippen molar-refractivity contribution in [2.24, 2.45) is 0 Å². The fourth-order valence-electron chi connectivity index (χ4n) is 2.45. The molecule has 0 atom stereocenters. The highest BCUT2D eigenvalue weighted by molar-refractivity contribution is 9.11. The number of nitriles is 1. The summed E-state index contributed by atoms with van der Waals surface area (Å²) in [4.78, 5) is 12.1. The number of hydrogen-bond acceptors (Lipinski definition) is 4. The van der Waals surface area contributed by atoms with Crippen LogP contribution in [0.4, 0.5) is 5.69 Å². The number of nitrogens with zero attached hydrogens (tertiary/aromatic N) is 1. The number of carbonyl (C=O) groups is 1. The molecule has 0 aliphatic heterocycles. The lowest BCUT2D eigenvalue weighted by Crippen LogP contribution is -2.37. The second-order valence-corrected chi connectivity index (χ2v) is 7.84. The van der Waals surface area contributed by atoms with Crippen LogP contribution in [0.25, 0.3) is 10.8 Å². The van der Waals surface area contributed by atoms with Crippen LogP contribution in [0.15, 0.2) is 63.5 Å². The van der Waals surface area contributed by atoms with Crippen LogP contribution >= 0.6 is 44.1 Å². The minimum absolute atomic E-state index is 0.153. The molecule has 3 aromatic rings. The van der Waals surface area contributed by atoms with E-state index in [4.69, 9.17) is 22.2 Å². The lowest BCUT2D eigenvalue weighted by atomic mass is 10.1. The number of anilines is 1.